The first-order valence-electron chi connectivity index (χ1n) is 6.66. The number of aromatic carboxylic acids is 1. The van der Waals surface area contributed by atoms with E-state index in [1.165, 1.54) is 4.68 Å². The average Bonchev–Trinajstić information content (AvgIpc) is 2.48. The minimum atomic E-state index is -1.32. The van der Waals surface area contributed by atoms with Gasteiger partial charge < -0.3 is 9.84 Å². The van der Waals surface area contributed by atoms with Gasteiger partial charge in [-0.1, -0.05) is 6.92 Å². The molecule has 0 unspecified atom stereocenters. The summed E-state index contributed by atoms with van der Waals surface area (Å²) in [6, 6.07) is 7.05. The van der Waals surface area contributed by atoms with E-state index >= 15 is 0 Å². The fourth-order valence-corrected chi connectivity index (χ4v) is 1.93. The van der Waals surface area contributed by atoms with Crippen LogP contribution in [0, 0.1) is 0 Å². The lowest BCUT2D eigenvalue weighted by Gasteiger charge is -2.09. The van der Waals surface area contributed by atoms with E-state index in [0.29, 0.717) is 24.3 Å². The van der Waals surface area contributed by atoms with Gasteiger partial charge in [-0.3, -0.25) is 4.79 Å². The predicted octanol–water partition coefficient (Wildman–Crippen LogP) is 1.89. The molecule has 0 spiro atoms. The Balaban J connectivity index is 2.50. The summed E-state index contributed by atoms with van der Waals surface area (Å²) in [6.07, 6.45) is 2.00. The molecular formula is C15H16N2O4. The van der Waals surface area contributed by atoms with Gasteiger partial charge in [-0.05, 0) is 37.6 Å². The second kappa shape index (κ2) is 6.21. The summed E-state index contributed by atoms with van der Waals surface area (Å²) in [4.78, 5) is 23.0. The second-order valence-electron chi connectivity index (χ2n) is 4.36. The van der Waals surface area contributed by atoms with E-state index in [1.807, 2.05) is 6.92 Å². The summed E-state index contributed by atoms with van der Waals surface area (Å²) in [5.41, 5.74) is 0.0716. The first kappa shape index (κ1) is 14.8. The average molecular weight is 288 g/mol. The molecule has 1 aromatic heterocycles. The molecule has 0 saturated carbocycles. The minimum Gasteiger partial charge on any atom is -0.494 e. The van der Waals surface area contributed by atoms with Crippen LogP contribution < -0.4 is 10.2 Å². The third-order valence-corrected chi connectivity index (χ3v) is 2.99. The zero-order valence-corrected chi connectivity index (χ0v) is 11.9. The highest BCUT2D eigenvalue weighted by molar-refractivity contribution is 5.85. The maximum atomic E-state index is 11.9. The van der Waals surface area contributed by atoms with Gasteiger partial charge in [0.05, 0.1) is 12.3 Å². The summed E-state index contributed by atoms with van der Waals surface area (Å²) in [5, 5.41) is 13.0. The summed E-state index contributed by atoms with van der Waals surface area (Å²) < 4.78 is 6.75. The third-order valence-electron chi connectivity index (χ3n) is 2.99. The number of benzene rings is 1. The molecule has 0 atom stereocenters. The van der Waals surface area contributed by atoms with E-state index in [4.69, 9.17) is 9.84 Å². The van der Waals surface area contributed by atoms with Gasteiger partial charge in [0.1, 0.15) is 5.75 Å². The van der Waals surface area contributed by atoms with Crippen molar-refractivity contribution in [1.29, 1.82) is 0 Å². The molecule has 0 fully saturated rings. The first-order chi connectivity index (χ1) is 10.1. The third kappa shape index (κ3) is 3.10. The van der Waals surface area contributed by atoms with Crippen molar-refractivity contribution in [3.63, 3.8) is 0 Å². The van der Waals surface area contributed by atoms with E-state index in [0.717, 1.165) is 5.75 Å². The van der Waals surface area contributed by atoms with E-state index < -0.39 is 17.1 Å². The zero-order valence-electron chi connectivity index (χ0n) is 11.9. The maximum Gasteiger partial charge on any atom is 0.360 e. The summed E-state index contributed by atoms with van der Waals surface area (Å²) in [5.74, 6) is -0.605. The number of carboxylic acid groups (broad SMARTS) is 1. The molecule has 1 aromatic carbocycles. The van der Waals surface area contributed by atoms with Crippen LogP contribution in [-0.2, 0) is 6.42 Å². The molecule has 6 nitrogen and oxygen atoms in total. The number of nitrogens with zero attached hydrogens (tertiary/aromatic N) is 2. The van der Waals surface area contributed by atoms with E-state index in [2.05, 4.69) is 5.10 Å². The van der Waals surface area contributed by atoms with Crippen LogP contribution in [0.5, 0.6) is 5.75 Å². The molecule has 6 heteroatoms. The molecule has 2 rings (SSSR count). The Kier molecular flexibility index (Phi) is 4.37. The van der Waals surface area contributed by atoms with Crippen LogP contribution in [0.15, 0.2) is 35.3 Å². The van der Waals surface area contributed by atoms with Crippen LogP contribution in [0.4, 0.5) is 0 Å². The van der Waals surface area contributed by atoms with Crippen molar-refractivity contribution in [2.24, 2.45) is 0 Å². The van der Waals surface area contributed by atoms with E-state index in [-0.39, 0.29) is 0 Å². The molecule has 1 heterocycles. The van der Waals surface area contributed by atoms with Crippen molar-refractivity contribution in [1.82, 2.24) is 9.78 Å². The van der Waals surface area contributed by atoms with Crippen LogP contribution in [0.25, 0.3) is 5.69 Å². The Morgan fingerprint density at radius 3 is 2.48 bits per heavy atom. The van der Waals surface area contributed by atoms with Crippen LogP contribution in [-0.4, -0.2) is 27.5 Å². The van der Waals surface area contributed by atoms with E-state index in [1.54, 1.807) is 37.4 Å². The smallest absolute Gasteiger partial charge is 0.360 e. The quantitative estimate of drug-likeness (QED) is 0.908. The minimum absolute atomic E-state index is 0.413. The molecule has 0 saturated heterocycles. The number of ether oxygens (including phenoxy) is 1. The number of rotatable bonds is 5. The predicted molar refractivity (Wildman–Crippen MR) is 77.3 cm³/mol. The molecule has 0 bridgehead atoms. The normalized spacial score (nSPS) is 10.4. The Hall–Kier alpha value is -2.63. The van der Waals surface area contributed by atoms with Crippen molar-refractivity contribution in [3.05, 3.63) is 51.9 Å². The molecule has 0 aliphatic rings. The molecule has 110 valence electrons. The fourth-order valence-electron chi connectivity index (χ4n) is 1.93. The first-order valence-corrected chi connectivity index (χ1v) is 6.66. The Labute approximate surface area is 121 Å². The van der Waals surface area contributed by atoms with Crippen LogP contribution in [0.2, 0.25) is 0 Å². The van der Waals surface area contributed by atoms with Gasteiger partial charge in [-0.15, -0.1) is 0 Å². The number of hydrogen-bond acceptors (Lipinski definition) is 4. The molecule has 2 aromatic rings. The number of carboxylic acids is 1. The lowest BCUT2D eigenvalue weighted by Crippen LogP contribution is -2.24. The summed E-state index contributed by atoms with van der Waals surface area (Å²) in [7, 11) is 0. The Morgan fingerprint density at radius 2 is 1.95 bits per heavy atom. The number of carbonyl (C=O) groups is 1. The monoisotopic (exact) mass is 288 g/mol. The van der Waals surface area contributed by atoms with Gasteiger partial charge in [0, 0.05) is 11.8 Å². The molecular weight excluding hydrogens is 272 g/mol. The molecule has 0 aliphatic heterocycles. The number of aromatic nitrogens is 2. The van der Waals surface area contributed by atoms with Crippen molar-refractivity contribution < 1.29 is 14.6 Å². The Morgan fingerprint density at radius 1 is 1.29 bits per heavy atom. The molecule has 0 amide bonds. The van der Waals surface area contributed by atoms with Crippen LogP contribution in [0.3, 0.4) is 0 Å². The Bertz CT molecular complexity index is 705. The van der Waals surface area contributed by atoms with Gasteiger partial charge in [0.25, 0.3) is 0 Å². The zero-order chi connectivity index (χ0) is 15.4. The van der Waals surface area contributed by atoms with Gasteiger partial charge in [0.2, 0.25) is 11.1 Å². The van der Waals surface area contributed by atoms with Crippen molar-refractivity contribution in [3.8, 4) is 11.4 Å². The van der Waals surface area contributed by atoms with Gasteiger partial charge in [0.15, 0.2) is 0 Å². The van der Waals surface area contributed by atoms with Crippen LogP contribution >= 0.6 is 0 Å². The lowest BCUT2D eigenvalue weighted by atomic mass is 10.2. The van der Waals surface area contributed by atoms with Crippen molar-refractivity contribution >= 4 is 5.97 Å². The summed E-state index contributed by atoms with van der Waals surface area (Å²) in [6.45, 7) is 4.26. The topological polar surface area (TPSA) is 81.4 Å². The number of aryl methyl sites for hydroxylation is 1. The summed E-state index contributed by atoms with van der Waals surface area (Å²) >= 11 is 0. The van der Waals surface area contributed by atoms with Gasteiger partial charge in [-0.25, -0.2) is 9.48 Å². The van der Waals surface area contributed by atoms with Gasteiger partial charge in [-0.2, -0.15) is 5.10 Å². The molecule has 21 heavy (non-hydrogen) atoms. The molecule has 0 radical (unpaired) electrons. The van der Waals surface area contributed by atoms with Crippen molar-refractivity contribution in [2.75, 3.05) is 6.61 Å². The molecule has 1 N–H and O–H groups in total. The largest absolute Gasteiger partial charge is 0.494 e. The van der Waals surface area contributed by atoms with Crippen molar-refractivity contribution in [2.45, 2.75) is 20.3 Å². The number of hydrogen-bond donors (Lipinski definition) is 1. The maximum absolute atomic E-state index is 11.9. The highest BCUT2D eigenvalue weighted by Gasteiger charge is 2.15. The molecule has 0 aliphatic carbocycles. The van der Waals surface area contributed by atoms with E-state index in [9.17, 15) is 9.59 Å². The second-order valence-corrected chi connectivity index (χ2v) is 4.36. The lowest BCUT2D eigenvalue weighted by molar-refractivity contribution is 0.0686. The van der Waals surface area contributed by atoms with Crippen LogP contribution in [0.1, 0.15) is 29.9 Å². The van der Waals surface area contributed by atoms with Gasteiger partial charge >= 0.3 is 5.97 Å². The fraction of sp³-hybridized carbons (Fsp3) is 0.267. The highest BCUT2D eigenvalue weighted by Crippen LogP contribution is 2.15. The SMILES string of the molecule is CCOc1ccc(-n2cc(CC)c(=O)c(C(=O)O)n2)cc1. The highest BCUT2D eigenvalue weighted by atomic mass is 16.5. The standard InChI is InChI=1S/C15H16N2O4/c1-3-10-9-17(16-13(14(10)18)15(19)20)11-5-7-12(8-6-11)21-4-2/h5-9H,3-4H2,1-2H3,(H,19,20).